The van der Waals surface area contributed by atoms with Crippen LogP contribution in [0, 0.1) is 17.8 Å². The van der Waals surface area contributed by atoms with Crippen molar-refractivity contribution in [1.82, 2.24) is 5.32 Å². The van der Waals surface area contributed by atoms with E-state index in [2.05, 4.69) is 11.2 Å². The molecule has 3 N–H and O–H groups in total. The lowest BCUT2D eigenvalue weighted by Crippen LogP contribution is -2.76. The molecule has 0 heterocycles. The van der Waals surface area contributed by atoms with E-state index >= 15 is 0 Å². The maximum absolute atomic E-state index is 12.1. The second-order valence-electron chi connectivity index (χ2n) is 5.20. The number of amides is 1. The fourth-order valence-electron chi connectivity index (χ4n) is 2.19. The van der Waals surface area contributed by atoms with E-state index in [1.54, 1.807) is 6.92 Å². The molecular formula is C13H22N2O2. The van der Waals surface area contributed by atoms with Crippen molar-refractivity contribution in [3.63, 3.8) is 0 Å². The quantitative estimate of drug-likeness (QED) is 0.707. The molecule has 4 nitrogen and oxygen atoms in total. The van der Waals surface area contributed by atoms with E-state index in [1.165, 1.54) is 0 Å². The molecule has 0 spiro atoms. The molecule has 96 valence electrons. The Kier molecular flexibility index (Phi) is 3.85. The molecule has 0 bridgehead atoms. The molecule has 0 saturated heterocycles. The van der Waals surface area contributed by atoms with Gasteiger partial charge in [-0.3, -0.25) is 4.79 Å². The van der Waals surface area contributed by atoms with Crippen LogP contribution in [0.1, 0.15) is 34.1 Å². The number of carbonyl (C=O) groups excluding carboxylic acids is 1. The Morgan fingerprint density at radius 2 is 2.29 bits per heavy atom. The first kappa shape index (κ1) is 14.0. The molecule has 3 unspecified atom stereocenters. The number of carbonyl (C=O) groups is 1. The lowest BCUT2D eigenvalue weighted by atomic mass is 9.54. The molecular weight excluding hydrogens is 216 g/mol. The molecule has 1 aliphatic rings. The molecule has 1 aliphatic carbocycles. The van der Waals surface area contributed by atoms with Gasteiger partial charge in [0.1, 0.15) is 5.54 Å². The Bertz CT molecular complexity index is 346. The van der Waals surface area contributed by atoms with Gasteiger partial charge in [0.25, 0.3) is 0 Å². The predicted molar refractivity (Wildman–Crippen MR) is 67.2 cm³/mol. The van der Waals surface area contributed by atoms with E-state index in [0.717, 1.165) is 0 Å². The number of nitrogens with two attached hydrogens (primary N) is 1. The summed E-state index contributed by atoms with van der Waals surface area (Å²) in [6.07, 6.45) is 5.81. The maximum Gasteiger partial charge on any atom is 0.241 e. The zero-order valence-electron chi connectivity index (χ0n) is 11.0. The van der Waals surface area contributed by atoms with Crippen molar-refractivity contribution in [3.8, 4) is 12.3 Å². The Morgan fingerprint density at radius 1 is 1.71 bits per heavy atom. The monoisotopic (exact) mass is 238 g/mol. The fourth-order valence-corrected chi connectivity index (χ4v) is 2.19. The highest BCUT2D eigenvalue weighted by Crippen LogP contribution is 2.49. The minimum absolute atomic E-state index is 0.0318. The van der Waals surface area contributed by atoms with Gasteiger partial charge in [-0.25, -0.2) is 0 Å². The Morgan fingerprint density at radius 3 is 2.71 bits per heavy atom. The van der Waals surface area contributed by atoms with Crippen LogP contribution in [0.25, 0.3) is 0 Å². The van der Waals surface area contributed by atoms with Crippen LogP contribution in [-0.4, -0.2) is 30.2 Å². The summed E-state index contributed by atoms with van der Waals surface area (Å²) in [5, 5.41) is 2.73. The minimum atomic E-state index is -0.891. The molecule has 1 saturated carbocycles. The summed E-state index contributed by atoms with van der Waals surface area (Å²) in [6, 6.07) is -0.301. The van der Waals surface area contributed by atoms with Gasteiger partial charge >= 0.3 is 0 Å². The average Bonchev–Trinajstić information content (AvgIpc) is 2.28. The Labute approximate surface area is 103 Å². The molecule has 0 aromatic carbocycles. The summed E-state index contributed by atoms with van der Waals surface area (Å²) in [7, 11) is 0. The summed E-state index contributed by atoms with van der Waals surface area (Å²) >= 11 is 0. The first-order valence-electron chi connectivity index (χ1n) is 5.97. The normalized spacial score (nSPS) is 32.1. The van der Waals surface area contributed by atoms with Crippen LogP contribution in [0.15, 0.2) is 0 Å². The highest BCUT2D eigenvalue weighted by molar-refractivity contribution is 5.89. The topological polar surface area (TPSA) is 64.4 Å². The van der Waals surface area contributed by atoms with Crippen LogP contribution >= 0.6 is 0 Å². The highest BCUT2D eigenvalue weighted by atomic mass is 16.5. The van der Waals surface area contributed by atoms with Crippen molar-refractivity contribution in [3.05, 3.63) is 0 Å². The van der Waals surface area contributed by atoms with Gasteiger partial charge in [0, 0.05) is 18.4 Å². The van der Waals surface area contributed by atoms with Crippen molar-refractivity contribution in [2.45, 2.75) is 51.8 Å². The first-order valence-corrected chi connectivity index (χ1v) is 5.97. The second kappa shape index (κ2) is 4.67. The molecule has 17 heavy (non-hydrogen) atoms. The maximum atomic E-state index is 12.1. The van der Waals surface area contributed by atoms with Crippen molar-refractivity contribution in [2.75, 3.05) is 6.61 Å². The molecule has 0 aromatic heterocycles. The summed E-state index contributed by atoms with van der Waals surface area (Å²) in [5.74, 6) is 2.27. The van der Waals surface area contributed by atoms with Gasteiger partial charge in [-0.15, -0.1) is 6.42 Å². The molecule has 0 aliphatic heterocycles. The van der Waals surface area contributed by atoms with Crippen molar-refractivity contribution < 1.29 is 9.53 Å². The van der Waals surface area contributed by atoms with E-state index in [1.807, 2.05) is 20.8 Å². The Hall–Kier alpha value is -1.05. The first-order chi connectivity index (χ1) is 7.79. The second-order valence-corrected chi connectivity index (χ2v) is 5.20. The summed E-state index contributed by atoms with van der Waals surface area (Å²) in [4.78, 5) is 12.1. The number of hydrogen-bond donors (Lipinski definition) is 2. The average molecular weight is 238 g/mol. The Balaban J connectivity index is 2.72. The van der Waals surface area contributed by atoms with E-state index in [9.17, 15) is 4.79 Å². The molecule has 1 fully saturated rings. The number of ether oxygens (including phenoxy) is 1. The smallest absolute Gasteiger partial charge is 0.241 e. The fraction of sp³-hybridized carbons (Fsp3) is 0.769. The predicted octanol–water partition coefficient (Wildman–Crippen LogP) is 0.657. The molecule has 3 atom stereocenters. The van der Waals surface area contributed by atoms with Crippen LogP contribution in [0.4, 0.5) is 0 Å². The number of nitrogens with one attached hydrogen (secondary N) is 1. The number of hydrogen-bond acceptors (Lipinski definition) is 3. The van der Waals surface area contributed by atoms with Gasteiger partial charge in [0.05, 0.1) is 12.1 Å². The van der Waals surface area contributed by atoms with Crippen LogP contribution in [0.5, 0.6) is 0 Å². The SMILES string of the molecule is C#CC(C)NC(=O)C1(N)CC(OCC)C1(C)C. The van der Waals surface area contributed by atoms with E-state index in [0.29, 0.717) is 13.0 Å². The largest absolute Gasteiger partial charge is 0.378 e. The van der Waals surface area contributed by atoms with Crippen molar-refractivity contribution in [2.24, 2.45) is 11.1 Å². The van der Waals surface area contributed by atoms with Crippen LogP contribution in [0.3, 0.4) is 0 Å². The van der Waals surface area contributed by atoms with Crippen molar-refractivity contribution in [1.29, 1.82) is 0 Å². The number of rotatable bonds is 4. The van der Waals surface area contributed by atoms with E-state index < -0.39 is 5.54 Å². The summed E-state index contributed by atoms with van der Waals surface area (Å²) in [6.45, 7) is 8.24. The molecule has 0 radical (unpaired) electrons. The highest BCUT2D eigenvalue weighted by Gasteiger charge is 2.62. The minimum Gasteiger partial charge on any atom is -0.378 e. The third kappa shape index (κ3) is 2.18. The van der Waals surface area contributed by atoms with Gasteiger partial charge in [-0.1, -0.05) is 19.8 Å². The van der Waals surface area contributed by atoms with Crippen LogP contribution in [0.2, 0.25) is 0 Å². The molecule has 1 rings (SSSR count). The zero-order valence-corrected chi connectivity index (χ0v) is 11.0. The molecule has 4 heteroatoms. The van der Waals surface area contributed by atoms with Crippen LogP contribution < -0.4 is 11.1 Å². The van der Waals surface area contributed by atoms with E-state index in [4.69, 9.17) is 16.9 Å². The van der Waals surface area contributed by atoms with Gasteiger partial charge in [-0.05, 0) is 13.8 Å². The number of terminal acetylenes is 1. The van der Waals surface area contributed by atoms with Gasteiger partial charge < -0.3 is 15.8 Å². The van der Waals surface area contributed by atoms with Gasteiger partial charge in [0.2, 0.25) is 5.91 Å². The summed E-state index contributed by atoms with van der Waals surface area (Å²) < 4.78 is 5.57. The van der Waals surface area contributed by atoms with Gasteiger partial charge in [-0.2, -0.15) is 0 Å². The summed E-state index contributed by atoms with van der Waals surface area (Å²) in [5.41, 5.74) is 4.92. The third-order valence-corrected chi connectivity index (χ3v) is 3.83. The zero-order chi connectivity index (χ0) is 13.3. The standard InChI is InChI=1S/C13H22N2O2/c1-6-9(3)15-11(16)13(14)8-10(17-7-2)12(13,4)5/h1,9-10H,7-8,14H2,2-5H3,(H,15,16). The molecule has 0 aromatic rings. The molecule has 1 amide bonds. The van der Waals surface area contributed by atoms with Crippen molar-refractivity contribution >= 4 is 5.91 Å². The third-order valence-electron chi connectivity index (χ3n) is 3.83. The van der Waals surface area contributed by atoms with E-state index in [-0.39, 0.29) is 23.5 Å². The lowest BCUT2D eigenvalue weighted by molar-refractivity contribution is -0.170. The lowest BCUT2D eigenvalue weighted by Gasteiger charge is -2.57. The van der Waals surface area contributed by atoms with Crippen LogP contribution in [-0.2, 0) is 9.53 Å². The van der Waals surface area contributed by atoms with Gasteiger partial charge in [0.15, 0.2) is 0 Å².